The number of methoxy groups -OCH3 is 2. The molecule has 1 fully saturated rings. The van der Waals surface area contributed by atoms with Crippen LogP contribution in [0.25, 0.3) is 0 Å². The first kappa shape index (κ1) is 17.9. The zero-order valence-electron chi connectivity index (χ0n) is 14.1. The van der Waals surface area contributed by atoms with Gasteiger partial charge in [-0.25, -0.2) is 0 Å². The highest BCUT2D eigenvalue weighted by Crippen LogP contribution is 2.39. The number of benzene rings is 2. The van der Waals surface area contributed by atoms with Crippen molar-refractivity contribution in [3.05, 3.63) is 57.6 Å². The third-order valence-electron chi connectivity index (χ3n) is 4.48. The molecule has 0 N–H and O–H groups in total. The summed E-state index contributed by atoms with van der Waals surface area (Å²) in [6.45, 7) is 0.685. The van der Waals surface area contributed by atoms with E-state index >= 15 is 0 Å². The molecule has 2 aromatic carbocycles. The van der Waals surface area contributed by atoms with E-state index in [0.717, 1.165) is 29.9 Å². The number of amides is 1. The van der Waals surface area contributed by atoms with Crippen molar-refractivity contribution in [3.8, 4) is 11.5 Å². The number of rotatable bonds is 4. The van der Waals surface area contributed by atoms with Gasteiger partial charge in [0.1, 0.15) is 11.5 Å². The van der Waals surface area contributed by atoms with Crippen molar-refractivity contribution in [2.45, 2.75) is 18.9 Å². The summed E-state index contributed by atoms with van der Waals surface area (Å²) in [7, 11) is 3.25. The number of carbonyl (C=O) groups excluding carboxylic acids is 1. The van der Waals surface area contributed by atoms with E-state index in [4.69, 9.17) is 32.7 Å². The summed E-state index contributed by atoms with van der Waals surface area (Å²) in [6.07, 6.45) is 1.80. The SMILES string of the molecule is COc1ccc(OC)c(C2CCCN2C(=O)c2ccc(Cl)c(Cl)c2)c1. The number of hydrogen-bond donors (Lipinski definition) is 0. The molecule has 1 unspecified atom stereocenters. The Bertz CT molecular complexity index is 794. The molecule has 1 atom stereocenters. The highest BCUT2D eigenvalue weighted by Gasteiger charge is 2.32. The number of halogens is 2. The molecule has 4 nitrogen and oxygen atoms in total. The fourth-order valence-electron chi connectivity index (χ4n) is 3.23. The number of likely N-dealkylation sites (tertiary alicyclic amines) is 1. The smallest absolute Gasteiger partial charge is 0.254 e. The van der Waals surface area contributed by atoms with Crippen molar-refractivity contribution in [2.75, 3.05) is 20.8 Å². The van der Waals surface area contributed by atoms with Gasteiger partial charge in [0.15, 0.2) is 0 Å². The minimum absolute atomic E-state index is 0.0630. The lowest BCUT2D eigenvalue weighted by atomic mass is 10.0. The van der Waals surface area contributed by atoms with E-state index in [1.165, 1.54) is 0 Å². The van der Waals surface area contributed by atoms with Crippen molar-refractivity contribution in [2.24, 2.45) is 0 Å². The summed E-state index contributed by atoms with van der Waals surface area (Å²) in [6, 6.07) is 10.6. The lowest BCUT2D eigenvalue weighted by molar-refractivity contribution is 0.0734. The molecule has 2 aromatic rings. The van der Waals surface area contributed by atoms with Gasteiger partial charge in [-0.05, 0) is 49.2 Å². The van der Waals surface area contributed by atoms with Crippen LogP contribution < -0.4 is 9.47 Å². The van der Waals surface area contributed by atoms with Gasteiger partial charge in [0.25, 0.3) is 5.91 Å². The van der Waals surface area contributed by atoms with Crippen LogP contribution in [0, 0.1) is 0 Å². The van der Waals surface area contributed by atoms with Crippen molar-refractivity contribution in [1.82, 2.24) is 4.90 Å². The molecule has 0 saturated carbocycles. The average Bonchev–Trinajstić information content (AvgIpc) is 3.12. The first-order chi connectivity index (χ1) is 12.0. The molecule has 1 amide bonds. The minimum atomic E-state index is -0.0639. The van der Waals surface area contributed by atoms with Gasteiger partial charge in [0.05, 0.1) is 30.3 Å². The first-order valence-electron chi connectivity index (χ1n) is 8.03. The standard InChI is InChI=1S/C19H19Cl2NO3/c1-24-13-6-8-18(25-2)14(11-13)17-4-3-9-22(17)19(23)12-5-7-15(20)16(21)10-12/h5-8,10-11,17H,3-4,9H2,1-2H3. The predicted octanol–water partition coefficient (Wildman–Crippen LogP) is 4.99. The Morgan fingerprint density at radius 3 is 2.56 bits per heavy atom. The number of nitrogens with zero attached hydrogens (tertiary/aromatic N) is 1. The highest BCUT2D eigenvalue weighted by molar-refractivity contribution is 6.42. The second kappa shape index (κ2) is 7.54. The maximum absolute atomic E-state index is 13.0. The van der Waals surface area contributed by atoms with Gasteiger partial charge in [-0.15, -0.1) is 0 Å². The van der Waals surface area contributed by atoms with Crippen LogP contribution in [0.15, 0.2) is 36.4 Å². The quantitative estimate of drug-likeness (QED) is 0.750. The normalized spacial score (nSPS) is 16.8. The van der Waals surface area contributed by atoms with Crippen molar-refractivity contribution in [1.29, 1.82) is 0 Å². The monoisotopic (exact) mass is 379 g/mol. The summed E-state index contributed by atoms with van der Waals surface area (Å²) in [4.78, 5) is 14.9. The summed E-state index contributed by atoms with van der Waals surface area (Å²) in [5.74, 6) is 1.43. The Kier molecular flexibility index (Phi) is 5.40. The fraction of sp³-hybridized carbons (Fsp3) is 0.316. The highest BCUT2D eigenvalue weighted by atomic mass is 35.5. The van der Waals surface area contributed by atoms with Crippen molar-refractivity contribution >= 4 is 29.1 Å². The Morgan fingerprint density at radius 2 is 1.88 bits per heavy atom. The summed E-state index contributed by atoms with van der Waals surface area (Å²) < 4.78 is 10.8. The Balaban J connectivity index is 1.95. The molecule has 1 heterocycles. The average molecular weight is 380 g/mol. The molecule has 3 rings (SSSR count). The zero-order valence-corrected chi connectivity index (χ0v) is 15.6. The second-order valence-electron chi connectivity index (χ2n) is 5.89. The van der Waals surface area contributed by atoms with Gasteiger partial charge in [-0.1, -0.05) is 23.2 Å². The predicted molar refractivity (Wildman–Crippen MR) is 99.0 cm³/mol. The van der Waals surface area contributed by atoms with Crippen LogP contribution in [0.4, 0.5) is 0 Å². The summed E-state index contributed by atoms with van der Waals surface area (Å²) in [5.41, 5.74) is 1.48. The molecular weight excluding hydrogens is 361 g/mol. The topological polar surface area (TPSA) is 38.8 Å². The third kappa shape index (κ3) is 3.55. The van der Waals surface area contributed by atoms with Crippen LogP contribution in [-0.2, 0) is 0 Å². The molecule has 0 radical (unpaired) electrons. The third-order valence-corrected chi connectivity index (χ3v) is 5.22. The van der Waals surface area contributed by atoms with Crippen LogP contribution in [0.1, 0.15) is 34.8 Å². The van der Waals surface area contributed by atoms with Crippen molar-refractivity contribution < 1.29 is 14.3 Å². The molecular formula is C19H19Cl2NO3. The van der Waals surface area contributed by atoms with E-state index in [-0.39, 0.29) is 11.9 Å². The van der Waals surface area contributed by atoms with Gasteiger partial charge < -0.3 is 14.4 Å². The van der Waals surface area contributed by atoms with Gasteiger partial charge in [-0.3, -0.25) is 4.79 Å². The maximum Gasteiger partial charge on any atom is 0.254 e. The van der Waals surface area contributed by atoms with Crippen LogP contribution in [0.2, 0.25) is 10.0 Å². The molecule has 1 saturated heterocycles. The lowest BCUT2D eigenvalue weighted by Crippen LogP contribution is -2.30. The van der Waals surface area contributed by atoms with Crippen molar-refractivity contribution in [3.63, 3.8) is 0 Å². The van der Waals surface area contributed by atoms with Gasteiger partial charge in [-0.2, -0.15) is 0 Å². The largest absolute Gasteiger partial charge is 0.497 e. The molecule has 0 aliphatic carbocycles. The molecule has 25 heavy (non-hydrogen) atoms. The van der Waals surface area contributed by atoms with E-state index in [2.05, 4.69) is 0 Å². The van der Waals surface area contributed by atoms with Gasteiger partial charge >= 0.3 is 0 Å². The molecule has 6 heteroatoms. The Labute approximate surface area is 157 Å². The summed E-state index contributed by atoms with van der Waals surface area (Å²) in [5, 5.41) is 0.813. The van der Waals surface area contributed by atoms with Gasteiger partial charge in [0, 0.05) is 17.7 Å². The molecule has 0 aromatic heterocycles. The number of ether oxygens (including phenoxy) is 2. The van der Waals surface area contributed by atoms with Gasteiger partial charge in [0.2, 0.25) is 0 Å². The van der Waals surface area contributed by atoms with E-state index in [9.17, 15) is 4.79 Å². The molecule has 132 valence electrons. The van der Waals surface area contributed by atoms with E-state index in [0.29, 0.717) is 22.2 Å². The van der Waals surface area contributed by atoms with E-state index < -0.39 is 0 Å². The van der Waals surface area contributed by atoms with E-state index in [1.54, 1.807) is 32.4 Å². The second-order valence-corrected chi connectivity index (χ2v) is 6.71. The molecule has 1 aliphatic rings. The first-order valence-corrected chi connectivity index (χ1v) is 8.78. The minimum Gasteiger partial charge on any atom is -0.497 e. The molecule has 1 aliphatic heterocycles. The number of hydrogen-bond acceptors (Lipinski definition) is 3. The number of carbonyl (C=O) groups is 1. The maximum atomic E-state index is 13.0. The Morgan fingerprint density at radius 1 is 1.08 bits per heavy atom. The summed E-state index contributed by atoms with van der Waals surface area (Å²) >= 11 is 12.0. The van der Waals surface area contributed by atoms with Crippen LogP contribution in [-0.4, -0.2) is 31.6 Å². The zero-order chi connectivity index (χ0) is 18.0. The fourth-order valence-corrected chi connectivity index (χ4v) is 3.53. The van der Waals surface area contributed by atoms with Crippen LogP contribution in [0.3, 0.4) is 0 Å². The Hall–Kier alpha value is -1.91. The lowest BCUT2D eigenvalue weighted by Gasteiger charge is -2.27. The molecule has 0 spiro atoms. The molecule has 0 bridgehead atoms. The van der Waals surface area contributed by atoms with Crippen LogP contribution >= 0.6 is 23.2 Å². The van der Waals surface area contributed by atoms with E-state index in [1.807, 2.05) is 23.1 Å². The van der Waals surface area contributed by atoms with Crippen LogP contribution in [0.5, 0.6) is 11.5 Å².